The molecule has 0 atom stereocenters. The van der Waals surface area contributed by atoms with Gasteiger partial charge in [-0.15, -0.1) is 0 Å². The van der Waals surface area contributed by atoms with Gasteiger partial charge in [0.05, 0.1) is 48.0 Å². The summed E-state index contributed by atoms with van der Waals surface area (Å²) in [4.78, 5) is 55.5. The number of hydrogen-bond acceptors (Lipinski definition) is 11. The third-order valence-corrected chi connectivity index (χ3v) is 9.45. The normalized spacial score (nSPS) is 11.2. The van der Waals surface area contributed by atoms with Crippen molar-refractivity contribution in [1.29, 1.82) is 0 Å². The van der Waals surface area contributed by atoms with Crippen LogP contribution in [0.1, 0.15) is 29.3 Å². The summed E-state index contributed by atoms with van der Waals surface area (Å²) in [7, 11) is 1.57. The summed E-state index contributed by atoms with van der Waals surface area (Å²) in [6.07, 6.45) is 3.03. The number of aliphatic hydroxyl groups excluding tert-OH is 1. The number of aliphatic hydroxyl groups is 1. The highest BCUT2D eigenvalue weighted by atomic mass is 16.5. The smallest absolute Gasteiger partial charge is 0.278 e. The number of pyridine rings is 1. The Balaban J connectivity index is 1.01. The number of benzene rings is 4. The van der Waals surface area contributed by atoms with Crippen LogP contribution in [0.4, 0.5) is 28.7 Å². The third kappa shape index (κ3) is 8.07. The fourth-order valence-corrected chi connectivity index (χ4v) is 6.80. The highest BCUT2D eigenvalue weighted by Gasteiger charge is 2.18. The van der Waals surface area contributed by atoms with E-state index in [1.165, 1.54) is 6.92 Å². The number of nitrogens with two attached hydrogens (primary N) is 1. The summed E-state index contributed by atoms with van der Waals surface area (Å²) in [6, 6.07) is 26.8. The number of aryl methyl sites for hydroxylation is 1. The number of hydrogen-bond donors (Lipinski definition) is 6. The highest BCUT2D eigenvalue weighted by Crippen LogP contribution is 2.38. The zero-order valence-corrected chi connectivity index (χ0v) is 31.0. The van der Waals surface area contributed by atoms with Crippen LogP contribution in [0, 0.1) is 0 Å². The second kappa shape index (κ2) is 16.6. The number of H-pyrrole nitrogens is 1. The molecule has 0 aliphatic rings. The van der Waals surface area contributed by atoms with E-state index >= 15 is 0 Å². The topological polar surface area (TPSA) is 205 Å². The zero-order valence-electron chi connectivity index (χ0n) is 31.0. The minimum atomic E-state index is -0.353. The number of carbonyl (C=O) groups excluding carboxylic acids is 2. The van der Waals surface area contributed by atoms with E-state index in [1.54, 1.807) is 36.2 Å². The van der Waals surface area contributed by atoms with E-state index in [2.05, 4.69) is 30.9 Å². The van der Waals surface area contributed by atoms with Crippen molar-refractivity contribution in [2.75, 3.05) is 54.6 Å². The first-order valence-electron chi connectivity index (χ1n) is 18.2. The van der Waals surface area contributed by atoms with Crippen molar-refractivity contribution in [3.05, 3.63) is 113 Å². The molecule has 3 aromatic heterocycles. The van der Waals surface area contributed by atoms with Gasteiger partial charge < -0.3 is 41.0 Å². The van der Waals surface area contributed by atoms with Crippen molar-refractivity contribution in [2.24, 2.45) is 0 Å². The maximum absolute atomic E-state index is 13.6. The molecule has 15 nitrogen and oxygen atoms in total. The summed E-state index contributed by atoms with van der Waals surface area (Å²) in [5.74, 6) is 0.159. The van der Waals surface area contributed by atoms with Crippen LogP contribution < -0.4 is 36.9 Å². The molecule has 0 aliphatic heterocycles. The Bertz CT molecular complexity index is 2600. The molecule has 2 amide bonds. The molecule has 7 rings (SSSR count). The molecule has 0 saturated heterocycles. The molecule has 4 aromatic carbocycles. The van der Waals surface area contributed by atoms with Crippen LogP contribution in [-0.2, 0) is 17.8 Å². The Labute approximate surface area is 321 Å². The number of rotatable bonds is 15. The first-order chi connectivity index (χ1) is 27.2. The van der Waals surface area contributed by atoms with Gasteiger partial charge in [0.25, 0.3) is 11.5 Å². The maximum atomic E-state index is 13.6. The van der Waals surface area contributed by atoms with Crippen LogP contribution in [0.5, 0.6) is 5.75 Å². The molecule has 0 unspecified atom stereocenters. The van der Waals surface area contributed by atoms with Crippen LogP contribution in [-0.4, -0.2) is 74.8 Å². The van der Waals surface area contributed by atoms with E-state index in [4.69, 9.17) is 15.5 Å². The van der Waals surface area contributed by atoms with E-state index in [0.29, 0.717) is 66.3 Å². The molecule has 286 valence electrons. The number of nitrogens with one attached hydrogen (secondary N) is 4. The van der Waals surface area contributed by atoms with Gasteiger partial charge in [-0.2, -0.15) is 4.98 Å². The van der Waals surface area contributed by atoms with Gasteiger partial charge >= 0.3 is 0 Å². The number of amides is 2. The van der Waals surface area contributed by atoms with E-state index < -0.39 is 0 Å². The molecule has 0 fully saturated rings. The lowest BCUT2D eigenvalue weighted by molar-refractivity contribution is -0.114. The monoisotopic (exact) mass is 754 g/mol. The van der Waals surface area contributed by atoms with Crippen LogP contribution in [0.3, 0.4) is 0 Å². The average molecular weight is 755 g/mol. The Morgan fingerprint density at radius 3 is 2.57 bits per heavy atom. The number of nitrogen functional groups attached to an aromatic ring is 1. The SMILES string of the molecule is COc1cc(NC(C)=O)ccc1Nc1c2ccccc2nc2c(C(=O)NCCCc3ccc(N(CCO)CCn4cnc5nc(N)[nH]c(=O)c54)cc3)cccc12. The highest BCUT2D eigenvalue weighted by molar-refractivity contribution is 6.15. The molecule has 0 radical (unpaired) electrons. The van der Waals surface area contributed by atoms with Crippen LogP contribution in [0.2, 0.25) is 0 Å². The Hall–Kier alpha value is -7.00. The van der Waals surface area contributed by atoms with Crippen molar-refractivity contribution < 1.29 is 19.4 Å². The predicted octanol–water partition coefficient (Wildman–Crippen LogP) is 4.98. The number of ether oxygens (including phenoxy) is 1. The molecule has 0 spiro atoms. The molecule has 0 bridgehead atoms. The first kappa shape index (κ1) is 37.3. The van der Waals surface area contributed by atoms with Gasteiger partial charge in [-0.25, -0.2) is 9.97 Å². The molecule has 15 heteroatoms. The summed E-state index contributed by atoms with van der Waals surface area (Å²) in [5.41, 5.74) is 11.8. The summed E-state index contributed by atoms with van der Waals surface area (Å²) >= 11 is 0. The lowest BCUT2D eigenvalue weighted by Gasteiger charge is -2.24. The quantitative estimate of drug-likeness (QED) is 0.0609. The number of nitrogens with zero attached hydrogens (tertiary/aromatic N) is 5. The van der Waals surface area contributed by atoms with Gasteiger partial charge in [-0.1, -0.05) is 42.5 Å². The molecule has 7 N–H and O–H groups in total. The lowest BCUT2D eigenvalue weighted by atomic mass is 10.0. The molecule has 0 aliphatic carbocycles. The van der Waals surface area contributed by atoms with Crippen molar-refractivity contribution in [2.45, 2.75) is 26.3 Å². The molecule has 7 aromatic rings. The summed E-state index contributed by atoms with van der Waals surface area (Å²) in [5, 5.41) is 20.8. The van der Waals surface area contributed by atoms with Gasteiger partial charge in [0.2, 0.25) is 11.9 Å². The standard InChI is InChI=1S/C41H42N10O5/c1-25(53)45-27-14-17-33(34(23-27)56-2)47-35-29-8-3-4-11-32(29)46-36-30(35)9-5-10-31(36)39(54)43-18-6-7-26-12-15-28(16-13-26)50(21-22-52)19-20-51-24-44-38-37(51)40(55)49-41(42)48-38/h3-5,8-17,23-24,52H,6-7,18-22H2,1-2H3,(H,43,54)(H,45,53)(H,46,47)(H3,42,48,49,55). The Morgan fingerprint density at radius 2 is 1.79 bits per heavy atom. The predicted molar refractivity (Wildman–Crippen MR) is 219 cm³/mol. The lowest BCUT2D eigenvalue weighted by Crippen LogP contribution is -2.30. The number of aromatic amines is 1. The first-order valence-corrected chi connectivity index (χ1v) is 18.2. The van der Waals surface area contributed by atoms with Crippen LogP contribution >= 0.6 is 0 Å². The minimum absolute atomic E-state index is 0.0167. The fraction of sp³-hybridized carbons (Fsp3) is 0.220. The molecular formula is C41H42N10O5. The van der Waals surface area contributed by atoms with Gasteiger partial charge in [0.1, 0.15) is 5.75 Å². The van der Waals surface area contributed by atoms with E-state index in [9.17, 15) is 19.5 Å². The molecular weight excluding hydrogens is 713 g/mol. The van der Waals surface area contributed by atoms with Crippen molar-refractivity contribution in [1.82, 2.24) is 29.8 Å². The van der Waals surface area contributed by atoms with Gasteiger partial charge in [-0.3, -0.25) is 19.4 Å². The number of para-hydroxylation sites is 2. The zero-order chi connectivity index (χ0) is 39.2. The van der Waals surface area contributed by atoms with Crippen molar-refractivity contribution in [3.8, 4) is 5.75 Å². The Morgan fingerprint density at radius 1 is 0.982 bits per heavy atom. The number of anilines is 5. The molecule has 3 heterocycles. The number of methoxy groups -OCH3 is 1. The van der Waals surface area contributed by atoms with Crippen molar-refractivity contribution >= 4 is 73.5 Å². The number of aromatic nitrogens is 5. The number of imidazole rings is 1. The van der Waals surface area contributed by atoms with Crippen molar-refractivity contribution in [3.63, 3.8) is 0 Å². The second-order valence-electron chi connectivity index (χ2n) is 13.2. The average Bonchev–Trinajstić information content (AvgIpc) is 3.61. The second-order valence-corrected chi connectivity index (χ2v) is 13.2. The van der Waals surface area contributed by atoms with Gasteiger partial charge in [0.15, 0.2) is 11.2 Å². The molecule has 0 saturated carbocycles. The van der Waals surface area contributed by atoms with Gasteiger partial charge in [0, 0.05) is 61.3 Å². The fourth-order valence-electron chi connectivity index (χ4n) is 6.80. The van der Waals surface area contributed by atoms with E-state index in [-0.39, 0.29) is 35.6 Å². The van der Waals surface area contributed by atoms with Crippen LogP contribution in [0.15, 0.2) is 96.1 Å². The molecule has 56 heavy (non-hydrogen) atoms. The van der Waals surface area contributed by atoms with Crippen LogP contribution in [0.25, 0.3) is 33.0 Å². The Kier molecular flexibility index (Phi) is 11.0. The largest absolute Gasteiger partial charge is 0.494 e. The van der Waals surface area contributed by atoms with E-state index in [1.807, 2.05) is 71.6 Å². The maximum Gasteiger partial charge on any atom is 0.278 e. The number of carbonyl (C=O) groups is 2. The summed E-state index contributed by atoms with van der Waals surface area (Å²) < 4.78 is 7.39. The van der Waals surface area contributed by atoms with E-state index in [0.717, 1.165) is 39.6 Å². The van der Waals surface area contributed by atoms with Gasteiger partial charge in [-0.05, 0) is 54.8 Å². The number of fused-ring (bicyclic) bond motifs is 3. The third-order valence-electron chi connectivity index (χ3n) is 9.45. The minimum Gasteiger partial charge on any atom is -0.494 e. The summed E-state index contributed by atoms with van der Waals surface area (Å²) in [6.45, 7) is 3.27.